The first-order valence-corrected chi connectivity index (χ1v) is 7.08. The second kappa shape index (κ2) is 6.53. The fraction of sp³-hybridized carbons (Fsp3) is 0.0667. The van der Waals surface area contributed by atoms with E-state index < -0.39 is 0 Å². The van der Waals surface area contributed by atoms with E-state index in [1.165, 1.54) is 16.8 Å². The largest absolute Gasteiger partial charge is 0.345 e. The van der Waals surface area contributed by atoms with Gasteiger partial charge in [0.1, 0.15) is 5.82 Å². The molecule has 1 heterocycles. The van der Waals surface area contributed by atoms with Gasteiger partial charge in [0, 0.05) is 10.6 Å². The molecule has 8 heteroatoms. The van der Waals surface area contributed by atoms with Crippen LogP contribution in [0, 0.1) is 5.82 Å². The Balaban J connectivity index is 1.72. The lowest BCUT2D eigenvalue weighted by molar-refractivity contribution is 0.0949. The maximum Gasteiger partial charge on any atom is 0.251 e. The second-order valence-corrected chi connectivity index (χ2v) is 5.11. The normalized spacial score (nSPS) is 10.5. The van der Waals surface area contributed by atoms with Gasteiger partial charge >= 0.3 is 0 Å². The van der Waals surface area contributed by atoms with Gasteiger partial charge in [-0.05, 0) is 59.0 Å². The van der Waals surface area contributed by atoms with Crippen molar-refractivity contribution in [3.63, 3.8) is 0 Å². The number of hydrogen-bond acceptors (Lipinski definition) is 4. The molecule has 0 saturated carbocycles. The van der Waals surface area contributed by atoms with Gasteiger partial charge in [0.2, 0.25) is 0 Å². The van der Waals surface area contributed by atoms with Crippen LogP contribution in [0.25, 0.3) is 5.69 Å². The number of hydrogen-bond donors (Lipinski definition) is 1. The highest BCUT2D eigenvalue weighted by molar-refractivity contribution is 6.30. The summed E-state index contributed by atoms with van der Waals surface area (Å²) in [6.07, 6.45) is 0. The molecular weight excluding hydrogens is 321 g/mol. The first kappa shape index (κ1) is 15.1. The van der Waals surface area contributed by atoms with Crippen LogP contribution in [0.2, 0.25) is 5.02 Å². The Morgan fingerprint density at radius 3 is 2.52 bits per heavy atom. The summed E-state index contributed by atoms with van der Waals surface area (Å²) in [7, 11) is 0. The third-order valence-electron chi connectivity index (χ3n) is 3.12. The minimum atomic E-state index is -0.348. The van der Waals surface area contributed by atoms with E-state index in [1.807, 2.05) is 0 Å². The number of nitrogens with zero attached hydrogens (tertiary/aromatic N) is 4. The van der Waals surface area contributed by atoms with Crippen LogP contribution in [0.15, 0.2) is 48.5 Å². The highest BCUT2D eigenvalue weighted by Gasteiger charge is 2.11. The molecule has 1 amide bonds. The number of tetrazole rings is 1. The van der Waals surface area contributed by atoms with Crippen molar-refractivity contribution < 1.29 is 9.18 Å². The van der Waals surface area contributed by atoms with E-state index in [-0.39, 0.29) is 18.3 Å². The molecule has 0 spiro atoms. The van der Waals surface area contributed by atoms with E-state index in [4.69, 9.17) is 11.6 Å². The molecule has 0 bridgehead atoms. The van der Waals surface area contributed by atoms with Crippen molar-refractivity contribution in [3.8, 4) is 5.69 Å². The summed E-state index contributed by atoms with van der Waals surface area (Å²) in [6.45, 7) is 0.131. The Bertz CT molecular complexity index is 817. The molecule has 116 valence electrons. The van der Waals surface area contributed by atoms with Crippen molar-refractivity contribution in [1.82, 2.24) is 25.5 Å². The van der Waals surface area contributed by atoms with E-state index in [2.05, 4.69) is 20.8 Å². The van der Waals surface area contributed by atoms with Gasteiger partial charge in [-0.2, -0.15) is 4.68 Å². The molecule has 1 aromatic heterocycles. The number of carbonyl (C=O) groups is 1. The van der Waals surface area contributed by atoms with Gasteiger partial charge in [-0.3, -0.25) is 4.79 Å². The summed E-state index contributed by atoms with van der Waals surface area (Å²) < 4.78 is 14.4. The Labute approximate surface area is 135 Å². The quantitative estimate of drug-likeness (QED) is 0.796. The Kier molecular flexibility index (Phi) is 4.29. The molecule has 0 saturated heterocycles. The number of aromatic nitrogens is 4. The second-order valence-electron chi connectivity index (χ2n) is 4.67. The van der Waals surface area contributed by atoms with Crippen LogP contribution < -0.4 is 5.32 Å². The van der Waals surface area contributed by atoms with E-state index in [0.29, 0.717) is 22.1 Å². The van der Waals surface area contributed by atoms with Crippen LogP contribution in [-0.2, 0) is 6.54 Å². The van der Waals surface area contributed by atoms with Gasteiger partial charge in [0.25, 0.3) is 5.91 Å². The Morgan fingerprint density at radius 1 is 1.13 bits per heavy atom. The number of halogens is 2. The predicted octanol–water partition coefficient (Wildman–Crippen LogP) is 2.38. The van der Waals surface area contributed by atoms with Crippen LogP contribution in [0.1, 0.15) is 16.2 Å². The van der Waals surface area contributed by atoms with Gasteiger partial charge in [-0.1, -0.05) is 11.6 Å². The summed E-state index contributed by atoms with van der Waals surface area (Å²) >= 11 is 5.79. The van der Waals surface area contributed by atoms with Crippen LogP contribution in [0.5, 0.6) is 0 Å². The molecule has 2 aromatic carbocycles. The number of benzene rings is 2. The summed E-state index contributed by atoms with van der Waals surface area (Å²) in [5.41, 5.74) is 1.09. The lowest BCUT2D eigenvalue weighted by Gasteiger charge is -2.06. The van der Waals surface area contributed by atoms with E-state index in [1.54, 1.807) is 36.4 Å². The van der Waals surface area contributed by atoms with Crippen LogP contribution in [0.4, 0.5) is 4.39 Å². The van der Waals surface area contributed by atoms with Gasteiger partial charge < -0.3 is 5.32 Å². The monoisotopic (exact) mass is 331 g/mol. The fourth-order valence-corrected chi connectivity index (χ4v) is 2.09. The molecule has 0 aliphatic rings. The molecule has 0 radical (unpaired) electrons. The van der Waals surface area contributed by atoms with E-state index in [9.17, 15) is 9.18 Å². The zero-order valence-corrected chi connectivity index (χ0v) is 12.5. The van der Waals surface area contributed by atoms with E-state index >= 15 is 0 Å². The highest BCUT2D eigenvalue weighted by Crippen LogP contribution is 2.11. The summed E-state index contributed by atoms with van der Waals surface area (Å²) in [5, 5.41) is 14.6. The smallest absolute Gasteiger partial charge is 0.251 e. The number of rotatable bonds is 4. The molecule has 1 N–H and O–H groups in total. The molecule has 0 aliphatic heterocycles. The first-order chi connectivity index (χ1) is 11.1. The molecule has 6 nitrogen and oxygen atoms in total. The maximum absolute atomic E-state index is 13.0. The lowest BCUT2D eigenvalue weighted by atomic mass is 10.2. The minimum Gasteiger partial charge on any atom is -0.345 e. The Hall–Kier alpha value is -2.80. The summed E-state index contributed by atoms with van der Waals surface area (Å²) in [6, 6.07) is 12.3. The molecule has 0 atom stereocenters. The molecule has 0 unspecified atom stereocenters. The molecule has 0 aliphatic carbocycles. The zero-order valence-electron chi connectivity index (χ0n) is 11.8. The van der Waals surface area contributed by atoms with Crippen molar-refractivity contribution in [1.29, 1.82) is 0 Å². The van der Waals surface area contributed by atoms with Crippen molar-refractivity contribution in [2.45, 2.75) is 6.54 Å². The number of carbonyl (C=O) groups excluding carboxylic acids is 1. The van der Waals surface area contributed by atoms with Crippen LogP contribution >= 0.6 is 11.6 Å². The first-order valence-electron chi connectivity index (χ1n) is 6.70. The summed E-state index contributed by atoms with van der Waals surface area (Å²) in [5.74, 6) is -0.186. The molecule has 3 aromatic rings. The third-order valence-corrected chi connectivity index (χ3v) is 3.37. The summed E-state index contributed by atoms with van der Waals surface area (Å²) in [4.78, 5) is 12.1. The maximum atomic E-state index is 13.0. The van der Waals surface area contributed by atoms with Crippen molar-refractivity contribution in [2.75, 3.05) is 0 Å². The van der Waals surface area contributed by atoms with Crippen LogP contribution in [-0.4, -0.2) is 26.1 Å². The van der Waals surface area contributed by atoms with Gasteiger partial charge in [-0.25, -0.2) is 4.39 Å². The van der Waals surface area contributed by atoms with Crippen LogP contribution in [0.3, 0.4) is 0 Å². The minimum absolute atomic E-state index is 0.131. The zero-order chi connectivity index (χ0) is 16.2. The highest BCUT2D eigenvalue weighted by atomic mass is 35.5. The lowest BCUT2D eigenvalue weighted by Crippen LogP contribution is -2.24. The van der Waals surface area contributed by atoms with Crippen molar-refractivity contribution >= 4 is 17.5 Å². The SMILES string of the molecule is O=C(NCc1nnnn1-c1ccc(F)cc1)c1ccc(Cl)cc1. The van der Waals surface area contributed by atoms with Gasteiger partial charge in [-0.15, -0.1) is 5.10 Å². The molecular formula is C15H11ClFN5O. The molecule has 23 heavy (non-hydrogen) atoms. The average Bonchev–Trinajstić information content (AvgIpc) is 3.02. The van der Waals surface area contributed by atoms with Gasteiger partial charge in [0.15, 0.2) is 5.82 Å². The topological polar surface area (TPSA) is 72.7 Å². The molecule has 0 fully saturated rings. The number of amides is 1. The van der Waals surface area contributed by atoms with Crippen molar-refractivity contribution in [2.24, 2.45) is 0 Å². The number of nitrogens with one attached hydrogen (secondary N) is 1. The fourth-order valence-electron chi connectivity index (χ4n) is 1.96. The average molecular weight is 332 g/mol. The Morgan fingerprint density at radius 2 is 1.83 bits per heavy atom. The predicted molar refractivity (Wildman–Crippen MR) is 81.7 cm³/mol. The standard InChI is InChI=1S/C15H11ClFN5O/c16-11-3-1-10(2-4-11)15(23)18-9-14-19-20-21-22(14)13-7-5-12(17)6-8-13/h1-8H,9H2,(H,18,23). The third kappa shape index (κ3) is 3.51. The molecule has 3 rings (SSSR count). The van der Waals surface area contributed by atoms with Gasteiger partial charge in [0.05, 0.1) is 12.2 Å². The van der Waals surface area contributed by atoms with Crippen molar-refractivity contribution in [3.05, 3.63) is 70.8 Å². The van der Waals surface area contributed by atoms with E-state index in [0.717, 1.165) is 0 Å².